The van der Waals surface area contributed by atoms with Gasteiger partial charge in [0.05, 0.1) is 10.6 Å². The molecule has 0 spiro atoms. The molecule has 0 aliphatic rings. The highest BCUT2D eigenvalue weighted by molar-refractivity contribution is 7.92. The SMILES string of the molecule is CCNC(=O)[C@H](C)N(Cc1ccc(C)cc1)C(=O)CN(c1ccc(C)cc1)S(=O)(=O)c1ccc(C)cc1. The van der Waals surface area contributed by atoms with Crippen LogP contribution >= 0.6 is 0 Å². The minimum absolute atomic E-state index is 0.0911. The lowest BCUT2D eigenvalue weighted by molar-refractivity contribution is -0.139. The standard InChI is InChI=1S/C29H35N3O4S/c1-6-30-29(34)24(5)31(19-25-13-7-21(2)8-14-25)28(33)20-32(26-15-9-22(3)10-16-26)37(35,36)27-17-11-23(4)12-18-27/h7-18,24H,6,19-20H2,1-5H3,(H,30,34)/t24-/m0/s1. The van der Waals surface area contributed by atoms with E-state index in [1.807, 2.05) is 52.0 Å². The van der Waals surface area contributed by atoms with Crippen LogP contribution in [0.4, 0.5) is 5.69 Å². The molecular formula is C29H35N3O4S. The number of nitrogens with zero attached hydrogens (tertiary/aromatic N) is 2. The Balaban J connectivity index is 2.01. The molecule has 0 fully saturated rings. The van der Waals surface area contributed by atoms with E-state index in [1.165, 1.54) is 17.0 Å². The fraction of sp³-hybridized carbons (Fsp3) is 0.310. The lowest BCUT2D eigenvalue weighted by Gasteiger charge is -2.32. The molecule has 0 bridgehead atoms. The maximum Gasteiger partial charge on any atom is 0.264 e. The number of nitrogens with one attached hydrogen (secondary N) is 1. The summed E-state index contributed by atoms with van der Waals surface area (Å²) in [6.45, 7) is 9.37. The third-order valence-electron chi connectivity index (χ3n) is 6.20. The molecule has 2 amide bonds. The number of anilines is 1. The number of sulfonamides is 1. The second-order valence-corrected chi connectivity index (χ2v) is 11.1. The van der Waals surface area contributed by atoms with E-state index >= 15 is 0 Å². The maximum absolute atomic E-state index is 13.8. The summed E-state index contributed by atoms with van der Waals surface area (Å²) >= 11 is 0. The molecule has 0 saturated heterocycles. The molecule has 37 heavy (non-hydrogen) atoms. The van der Waals surface area contributed by atoms with Gasteiger partial charge in [-0.05, 0) is 64.4 Å². The summed E-state index contributed by atoms with van der Waals surface area (Å²) in [5.74, 6) is -0.776. The van der Waals surface area contributed by atoms with Crippen LogP contribution in [0.1, 0.15) is 36.1 Å². The number of aryl methyl sites for hydroxylation is 3. The van der Waals surface area contributed by atoms with Crippen molar-refractivity contribution in [1.29, 1.82) is 0 Å². The summed E-state index contributed by atoms with van der Waals surface area (Å²) < 4.78 is 28.6. The van der Waals surface area contributed by atoms with Crippen LogP contribution in [0, 0.1) is 20.8 Å². The van der Waals surface area contributed by atoms with Gasteiger partial charge in [-0.25, -0.2) is 8.42 Å². The average molecular weight is 522 g/mol. The highest BCUT2D eigenvalue weighted by Gasteiger charge is 2.32. The summed E-state index contributed by atoms with van der Waals surface area (Å²) in [7, 11) is -4.06. The van der Waals surface area contributed by atoms with Gasteiger partial charge in [-0.2, -0.15) is 0 Å². The Morgan fingerprint density at radius 1 is 0.811 bits per heavy atom. The molecule has 3 aromatic rings. The first-order valence-electron chi connectivity index (χ1n) is 12.3. The van der Waals surface area contributed by atoms with Gasteiger partial charge in [-0.15, -0.1) is 0 Å². The Bertz CT molecular complexity index is 1320. The molecule has 0 unspecified atom stereocenters. The number of hydrogen-bond acceptors (Lipinski definition) is 4. The lowest BCUT2D eigenvalue weighted by atomic mass is 10.1. The second kappa shape index (κ2) is 12.1. The van der Waals surface area contributed by atoms with E-state index in [0.717, 1.165) is 26.6 Å². The zero-order valence-electron chi connectivity index (χ0n) is 22.1. The van der Waals surface area contributed by atoms with Gasteiger partial charge < -0.3 is 10.2 Å². The Morgan fingerprint density at radius 3 is 1.81 bits per heavy atom. The first-order valence-corrected chi connectivity index (χ1v) is 13.8. The summed E-state index contributed by atoms with van der Waals surface area (Å²) in [6.07, 6.45) is 0. The van der Waals surface area contributed by atoms with Gasteiger partial charge in [-0.3, -0.25) is 13.9 Å². The second-order valence-electron chi connectivity index (χ2n) is 9.24. The number of carbonyl (C=O) groups excluding carboxylic acids is 2. The molecule has 0 radical (unpaired) electrons. The van der Waals surface area contributed by atoms with E-state index in [4.69, 9.17) is 0 Å². The fourth-order valence-electron chi connectivity index (χ4n) is 3.87. The molecule has 1 N–H and O–H groups in total. The number of hydrogen-bond donors (Lipinski definition) is 1. The van der Waals surface area contributed by atoms with Crippen molar-refractivity contribution in [1.82, 2.24) is 10.2 Å². The molecule has 1 atom stereocenters. The Morgan fingerprint density at radius 2 is 1.30 bits per heavy atom. The Hall–Kier alpha value is -3.65. The van der Waals surface area contributed by atoms with Gasteiger partial charge >= 0.3 is 0 Å². The van der Waals surface area contributed by atoms with Gasteiger partial charge in [-0.1, -0.05) is 65.2 Å². The number of likely N-dealkylation sites (N-methyl/N-ethyl adjacent to an activating group) is 1. The number of carbonyl (C=O) groups is 2. The predicted molar refractivity (Wildman–Crippen MR) is 147 cm³/mol. The number of benzene rings is 3. The smallest absolute Gasteiger partial charge is 0.264 e. The van der Waals surface area contributed by atoms with Crippen molar-refractivity contribution < 1.29 is 18.0 Å². The van der Waals surface area contributed by atoms with Crippen molar-refractivity contribution in [2.24, 2.45) is 0 Å². The number of amides is 2. The summed E-state index contributed by atoms with van der Waals surface area (Å²) in [5.41, 5.74) is 4.19. The van der Waals surface area contributed by atoms with Crippen LogP contribution < -0.4 is 9.62 Å². The van der Waals surface area contributed by atoms with Crippen molar-refractivity contribution in [2.75, 3.05) is 17.4 Å². The summed E-state index contributed by atoms with van der Waals surface area (Å²) in [4.78, 5) is 28.1. The molecule has 0 aliphatic heterocycles. The Labute approximate surface area is 220 Å². The van der Waals surface area contributed by atoms with Crippen molar-refractivity contribution in [2.45, 2.75) is 52.1 Å². The normalized spacial score (nSPS) is 12.0. The van der Waals surface area contributed by atoms with Gasteiger partial charge in [0.1, 0.15) is 12.6 Å². The first-order chi connectivity index (χ1) is 17.5. The summed E-state index contributed by atoms with van der Waals surface area (Å²) in [6, 6.07) is 20.4. The topological polar surface area (TPSA) is 86.8 Å². The van der Waals surface area contributed by atoms with E-state index in [-0.39, 0.29) is 17.3 Å². The minimum atomic E-state index is -4.06. The summed E-state index contributed by atoms with van der Waals surface area (Å²) in [5, 5.41) is 2.76. The zero-order chi connectivity index (χ0) is 27.2. The highest BCUT2D eigenvalue weighted by Crippen LogP contribution is 2.25. The van der Waals surface area contributed by atoms with Gasteiger partial charge in [0.2, 0.25) is 11.8 Å². The molecule has 0 aromatic heterocycles. The molecule has 0 aliphatic carbocycles. The maximum atomic E-state index is 13.8. The van der Waals surface area contributed by atoms with Crippen molar-refractivity contribution in [3.05, 3.63) is 95.1 Å². The van der Waals surface area contributed by atoms with Crippen molar-refractivity contribution in [3.63, 3.8) is 0 Å². The molecule has 3 aromatic carbocycles. The molecular weight excluding hydrogens is 486 g/mol. The molecule has 0 saturated carbocycles. The monoisotopic (exact) mass is 521 g/mol. The predicted octanol–water partition coefficient (Wildman–Crippen LogP) is 4.36. The van der Waals surface area contributed by atoms with Gasteiger partial charge in [0.15, 0.2) is 0 Å². The number of rotatable bonds is 10. The van der Waals surface area contributed by atoms with E-state index < -0.39 is 28.5 Å². The minimum Gasteiger partial charge on any atom is -0.355 e. The highest BCUT2D eigenvalue weighted by atomic mass is 32.2. The van der Waals surface area contributed by atoms with Crippen LogP contribution in [0.2, 0.25) is 0 Å². The van der Waals surface area contributed by atoms with Crippen molar-refractivity contribution >= 4 is 27.5 Å². The Kier molecular flexibility index (Phi) is 9.10. The molecule has 3 rings (SSSR count). The van der Waals surface area contributed by atoms with E-state index in [0.29, 0.717) is 12.2 Å². The molecule has 196 valence electrons. The quantitative estimate of drug-likeness (QED) is 0.430. The zero-order valence-corrected chi connectivity index (χ0v) is 22.9. The van der Waals surface area contributed by atoms with Gasteiger partial charge in [0, 0.05) is 13.1 Å². The van der Waals surface area contributed by atoms with Crippen LogP contribution in [-0.2, 0) is 26.2 Å². The fourth-order valence-corrected chi connectivity index (χ4v) is 5.29. The van der Waals surface area contributed by atoms with Crippen molar-refractivity contribution in [3.8, 4) is 0 Å². The molecule has 7 nitrogen and oxygen atoms in total. The van der Waals surface area contributed by atoms with Crippen LogP contribution in [0.25, 0.3) is 0 Å². The molecule has 8 heteroatoms. The van der Waals surface area contributed by atoms with Crippen LogP contribution in [0.5, 0.6) is 0 Å². The van der Waals surface area contributed by atoms with Crippen LogP contribution in [-0.4, -0.2) is 44.3 Å². The van der Waals surface area contributed by atoms with E-state index in [1.54, 1.807) is 43.3 Å². The van der Waals surface area contributed by atoms with Crippen LogP contribution in [0.15, 0.2) is 77.7 Å². The van der Waals surface area contributed by atoms with E-state index in [2.05, 4.69) is 5.32 Å². The van der Waals surface area contributed by atoms with Gasteiger partial charge in [0.25, 0.3) is 10.0 Å². The third kappa shape index (κ3) is 6.98. The van der Waals surface area contributed by atoms with Crippen LogP contribution in [0.3, 0.4) is 0 Å². The molecule has 0 heterocycles. The van der Waals surface area contributed by atoms with E-state index in [9.17, 15) is 18.0 Å². The first kappa shape index (κ1) is 27.9. The third-order valence-corrected chi connectivity index (χ3v) is 7.99. The average Bonchev–Trinajstić information content (AvgIpc) is 2.87. The largest absolute Gasteiger partial charge is 0.355 e. The lowest BCUT2D eigenvalue weighted by Crippen LogP contribution is -2.51.